The number of carboxylic acid groups (broad SMARTS) is 1. The molecule has 4 N–H and O–H groups in total. The highest BCUT2D eigenvalue weighted by molar-refractivity contribution is 5.87. The van der Waals surface area contributed by atoms with Gasteiger partial charge in [-0.15, -0.1) is 0 Å². The maximum absolute atomic E-state index is 12.0. The summed E-state index contributed by atoms with van der Waals surface area (Å²) in [6.07, 6.45) is 0.852. The highest BCUT2D eigenvalue weighted by Gasteiger charge is 2.23. The van der Waals surface area contributed by atoms with E-state index in [4.69, 9.17) is 15.6 Å². The lowest BCUT2D eigenvalue weighted by Crippen LogP contribution is -2.45. The zero-order valence-corrected chi connectivity index (χ0v) is 11.4. The van der Waals surface area contributed by atoms with Gasteiger partial charge in [-0.1, -0.05) is 30.3 Å². The van der Waals surface area contributed by atoms with Gasteiger partial charge in [0, 0.05) is 13.7 Å². The highest BCUT2D eigenvalue weighted by Crippen LogP contribution is 2.10. The van der Waals surface area contributed by atoms with Gasteiger partial charge >= 0.3 is 5.97 Å². The van der Waals surface area contributed by atoms with E-state index in [1.807, 2.05) is 6.07 Å². The molecule has 1 aromatic carbocycles. The third-order valence-electron chi connectivity index (χ3n) is 2.90. The summed E-state index contributed by atoms with van der Waals surface area (Å²) in [7, 11) is 1.54. The van der Waals surface area contributed by atoms with Crippen molar-refractivity contribution in [2.45, 2.75) is 24.9 Å². The fourth-order valence-corrected chi connectivity index (χ4v) is 1.76. The van der Waals surface area contributed by atoms with Gasteiger partial charge in [-0.05, 0) is 18.4 Å². The molecule has 1 aromatic rings. The summed E-state index contributed by atoms with van der Waals surface area (Å²) in [4.78, 5) is 23.1. The molecule has 0 bridgehead atoms. The van der Waals surface area contributed by atoms with Crippen molar-refractivity contribution < 1.29 is 19.4 Å². The van der Waals surface area contributed by atoms with Crippen LogP contribution in [0.3, 0.4) is 0 Å². The van der Waals surface area contributed by atoms with Crippen molar-refractivity contribution in [1.82, 2.24) is 5.32 Å². The van der Waals surface area contributed by atoms with E-state index in [0.717, 1.165) is 0 Å². The first-order valence-corrected chi connectivity index (χ1v) is 6.39. The van der Waals surface area contributed by atoms with Crippen molar-refractivity contribution in [3.05, 3.63) is 35.9 Å². The Balaban J connectivity index is 2.59. The summed E-state index contributed by atoms with van der Waals surface area (Å²) in [5, 5.41) is 11.5. The van der Waals surface area contributed by atoms with E-state index in [9.17, 15) is 9.59 Å². The number of aliphatic carboxylic acids is 1. The van der Waals surface area contributed by atoms with E-state index in [0.29, 0.717) is 25.0 Å². The van der Waals surface area contributed by atoms with Crippen LogP contribution in [0.4, 0.5) is 0 Å². The molecule has 0 aromatic heterocycles. The van der Waals surface area contributed by atoms with Gasteiger partial charge in [0.2, 0.25) is 5.91 Å². The molecule has 0 heterocycles. The van der Waals surface area contributed by atoms with Gasteiger partial charge in [-0.25, -0.2) is 4.79 Å². The van der Waals surface area contributed by atoms with Crippen molar-refractivity contribution in [3.63, 3.8) is 0 Å². The Kier molecular flexibility index (Phi) is 6.69. The average molecular weight is 280 g/mol. The minimum absolute atomic E-state index is 0.302. The Hall–Kier alpha value is -1.92. The van der Waals surface area contributed by atoms with Crippen molar-refractivity contribution in [3.8, 4) is 0 Å². The first kappa shape index (κ1) is 16.1. The number of methoxy groups -OCH3 is 1. The number of carbonyl (C=O) groups excluding carboxylic acids is 1. The number of nitrogens with one attached hydrogen (secondary N) is 1. The van der Waals surface area contributed by atoms with Gasteiger partial charge in [0.15, 0.2) is 0 Å². The Labute approximate surface area is 117 Å². The minimum atomic E-state index is -1.07. The number of ether oxygens (including phenoxy) is 1. The number of hydrogen-bond donors (Lipinski definition) is 3. The monoisotopic (exact) mass is 280 g/mol. The fourth-order valence-electron chi connectivity index (χ4n) is 1.76. The Morgan fingerprint density at radius 3 is 2.55 bits per heavy atom. The average Bonchev–Trinajstić information content (AvgIpc) is 2.46. The largest absolute Gasteiger partial charge is 0.480 e. The van der Waals surface area contributed by atoms with E-state index in [2.05, 4.69) is 5.32 Å². The number of hydrogen-bond acceptors (Lipinski definition) is 4. The number of rotatable bonds is 8. The third kappa shape index (κ3) is 4.99. The van der Waals surface area contributed by atoms with Crippen LogP contribution in [-0.2, 0) is 14.3 Å². The molecule has 0 fully saturated rings. The topological polar surface area (TPSA) is 102 Å². The lowest BCUT2D eigenvalue weighted by molar-refractivity contribution is -0.142. The summed E-state index contributed by atoms with van der Waals surface area (Å²) >= 11 is 0. The third-order valence-corrected chi connectivity index (χ3v) is 2.90. The molecule has 1 rings (SSSR count). The van der Waals surface area contributed by atoms with Crippen LogP contribution in [0, 0.1) is 0 Å². The van der Waals surface area contributed by atoms with Crippen LogP contribution in [0.2, 0.25) is 0 Å². The second-order valence-corrected chi connectivity index (χ2v) is 4.42. The van der Waals surface area contributed by atoms with Gasteiger partial charge in [0.05, 0.1) is 0 Å². The van der Waals surface area contributed by atoms with Crippen molar-refractivity contribution in [2.75, 3.05) is 13.7 Å². The Morgan fingerprint density at radius 2 is 2.00 bits per heavy atom. The molecule has 6 nitrogen and oxygen atoms in total. The van der Waals surface area contributed by atoms with Crippen molar-refractivity contribution in [1.29, 1.82) is 0 Å². The number of carboxylic acids is 1. The van der Waals surface area contributed by atoms with Gasteiger partial charge in [-0.2, -0.15) is 0 Å². The maximum Gasteiger partial charge on any atom is 0.326 e. The number of benzene rings is 1. The zero-order chi connectivity index (χ0) is 15.0. The predicted octanol–water partition coefficient (Wildman–Crippen LogP) is 0.682. The molecule has 0 spiro atoms. The van der Waals surface area contributed by atoms with Crippen LogP contribution in [0.15, 0.2) is 30.3 Å². The molecule has 0 saturated carbocycles. The predicted molar refractivity (Wildman–Crippen MR) is 74.0 cm³/mol. The molecular weight excluding hydrogens is 260 g/mol. The van der Waals surface area contributed by atoms with Crippen LogP contribution in [0.5, 0.6) is 0 Å². The van der Waals surface area contributed by atoms with Crippen LogP contribution in [0.25, 0.3) is 0 Å². The normalized spacial score (nSPS) is 13.5. The zero-order valence-electron chi connectivity index (χ0n) is 11.4. The Bertz CT molecular complexity index is 436. The minimum Gasteiger partial charge on any atom is -0.480 e. The van der Waals surface area contributed by atoms with Crippen molar-refractivity contribution in [2.24, 2.45) is 5.73 Å². The molecule has 2 atom stereocenters. The fraction of sp³-hybridized carbons (Fsp3) is 0.429. The molecule has 6 heteroatoms. The molecule has 0 aliphatic rings. The number of amides is 1. The van der Waals surface area contributed by atoms with Gasteiger partial charge in [0.25, 0.3) is 0 Å². The first-order chi connectivity index (χ1) is 9.56. The smallest absolute Gasteiger partial charge is 0.326 e. The summed E-state index contributed by atoms with van der Waals surface area (Å²) < 4.78 is 4.86. The van der Waals surface area contributed by atoms with E-state index in [1.54, 1.807) is 31.4 Å². The van der Waals surface area contributed by atoms with E-state index in [1.165, 1.54) is 0 Å². The van der Waals surface area contributed by atoms with Gasteiger partial charge in [-0.3, -0.25) is 4.79 Å². The van der Waals surface area contributed by atoms with E-state index < -0.39 is 24.0 Å². The van der Waals surface area contributed by atoms with E-state index in [-0.39, 0.29) is 0 Å². The molecular formula is C14H20N2O4. The van der Waals surface area contributed by atoms with Crippen LogP contribution >= 0.6 is 0 Å². The lowest BCUT2D eigenvalue weighted by Gasteiger charge is -2.18. The van der Waals surface area contributed by atoms with Gasteiger partial charge in [0.1, 0.15) is 12.1 Å². The number of nitrogens with two attached hydrogens (primary N) is 1. The quantitative estimate of drug-likeness (QED) is 0.608. The van der Waals surface area contributed by atoms with Gasteiger partial charge < -0.3 is 20.9 Å². The maximum atomic E-state index is 12.0. The summed E-state index contributed by atoms with van der Waals surface area (Å²) in [6.45, 7) is 0.449. The van der Waals surface area contributed by atoms with Crippen LogP contribution in [-0.4, -0.2) is 36.7 Å². The molecule has 0 saturated heterocycles. The van der Waals surface area contributed by atoms with Crippen molar-refractivity contribution >= 4 is 11.9 Å². The molecule has 0 aliphatic carbocycles. The summed E-state index contributed by atoms with van der Waals surface area (Å²) in [5.74, 6) is -1.57. The molecule has 1 amide bonds. The second-order valence-electron chi connectivity index (χ2n) is 4.42. The molecule has 0 aliphatic heterocycles. The molecule has 20 heavy (non-hydrogen) atoms. The van der Waals surface area contributed by atoms with E-state index >= 15 is 0 Å². The van der Waals surface area contributed by atoms with Crippen LogP contribution < -0.4 is 11.1 Å². The Morgan fingerprint density at radius 1 is 1.35 bits per heavy atom. The highest BCUT2D eigenvalue weighted by atomic mass is 16.5. The lowest BCUT2D eigenvalue weighted by atomic mass is 10.1. The first-order valence-electron chi connectivity index (χ1n) is 6.39. The summed E-state index contributed by atoms with van der Waals surface area (Å²) in [5.41, 5.74) is 6.46. The summed E-state index contributed by atoms with van der Waals surface area (Å²) in [6, 6.07) is 6.99. The SMILES string of the molecule is COCCCC(NC(=O)[C@@H](N)c1ccccc1)C(=O)O. The standard InChI is InChI=1S/C14H20N2O4/c1-20-9-5-8-11(14(18)19)16-13(17)12(15)10-6-3-2-4-7-10/h2-4,6-7,11-12H,5,8-9,15H2,1H3,(H,16,17)(H,18,19)/t11?,12-/m0/s1. The van der Waals surface area contributed by atoms with Crippen LogP contribution in [0.1, 0.15) is 24.4 Å². The second kappa shape index (κ2) is 8.29. The molecule has 110 valence electrons. The molecule has 0 radical (unpaired) electrons. The molecule has 1 unspecified atom stereocenters. The number of carbonyl (C=O) groups is 2.